The van der Waals surface area contributed by atoms with Crippen LogP contribution in [0.1, 0.15) is 48.4 Å². The van der Waals surface area contributed by atoms with Gasteiger partial charge in [-0.1, -0.05) is 42.0 Å². The summed E-state index contributed by atoms with van der Waals surface area (Å²) in [5, 5.41) is 3.19. The number of fused-ring (bicyclic) bond motifs is 4. The van der Waals surface area contributed by atoms with Crippen LogP contribution in [0.25, 0.3) is 11.1 Å². The number of piperidine rings is 3. The van der Waals surface area contributed by atoms with Gasteiger partial charge in [-0.25, -0.2) is 4.79 Å². The highest BCUT2D eigenvalue weighted by Crippen LogP contribution is 2.34. The molecule has 1 N–H and O–H groups in total. The summed E-state index contributed by atoms with van der Waals surface area (Å²) in [5.41, 5.74) is 6.29. The minimum absolute atomic E-state index is 0.0396. The fourth-order valence-electron chi connectivity index (χ4n) is 5.23. The first-order valence-electron chi connectivity index (χ1n) is 11.0. The number of rotatable bonds is 3. The number of aryl methyl sites for hydroxylation is 2. The Labute approximate surface area is 173 Å². The number of nitrogens with one attached hydrogen (secondary N) is 1. The number of hydrogen-bond donors (Lipinski definition) is 1. The number of ether oxygens (including phenoxy) is 1. The van der Waals surface area contributed by atoms with E-state index in [4.69, 9.17) is 4.74 Å². The first-order chi connectivity index (χ1) is 14.2. The van der Waals surface area contributed by atoms with Crippen LogP contribution in [0, 0.1) is 12.8 Å². The summed E-state index contributed by atoms with van der Waals surface area (Å²) in [4.78, 5) is 15.1. The van der Waals surface area contributed by atoms with Crippen molar-refractivity contribution in [1.82, 2.24) is 10.2 Å². The van der Waals surface area contributed by atoms with E-state index in [2.05, 4.69) is 59.6 Å². The molecule has 0 radical (unpaired) electrons. The molecular formula is C25H30N2O2. The lowest BCUT2D eigenvalue weighted by Gasteiger charge is -2.44. The quantitative estimate of drug-likeness (QED) is 0.814. The van der Waals surface area contributed by atoms with E-state index in [0.717, 1.165) is 51.7 Å². The van der Waals surface area contributed by atoms with Crippen LogP contribution in [0.2, 0.25) is 0 Å². The van der Waals surface area contributed by atoms with Crippen molar-refractivity contribution < 1.29 is 9.53 Å². The van der Waals surface area contributed by atoms with Gasteiger partial charge in [0.15, 0.2) is 0 Å². The summed E-state index contributed by atoms with van der Waals surface area (Å²) in [6, 6.07) is 15.4. The van der Waals surface area contributed by atoms with Crippen molar-refractivity contribution in [2.24, 2.45) is 5.92 Å². The molecule has 0 aromatic heterocycles. The highest BCUT2D eigenvalue weighted by atomic mass is 16.6. The zero-order chi connectivity index (χ0) is 19.8. The minimum Gasteiger partial charge on any atom is -0.445 e. The van der Waals surface area contributed by atoms with E-state index in [9.17, 15) is 4.79 Å². The molecule has 4 heteroatoms. The van der Waals surface area contributed by atoms with Crippen LogP contribution in [0.15, 0.2) is 42.5 Å². The molecule has 3 aliphatic heterocycles. The third-order valence-corrected chi connectivity index (χ3v) is 6.99. The molecule has 0 spiro atoms. The summed E-state index contributed by atoms with van der Waals surface area (Å²) < 4.78 is 5.88. The van der Waals surface area contributed by atoms with Crippen molar-refractivity contribution in [3.05, 3.63) is 59.2 Å². The Balaban J connectivity index is 1.31. The highest BCUT2D eigenvalue weighted by molar-refractivity contribution is 5.70. The van der Waals surface area contributed by atoms with Gasteiger partial charge in [-0.15, -0.1) is 0 Å². The summed E-state index contributed by atoms with van der Waals surface area (Å²) in [6.45, 7) is 5.32. The van der Waals surface area contributed by atoms with Gasteiger partial charge in [-0.2, -0.15) is 0 Å². The van der Waals surface area contributed by atoms with Gasteiger partial charge in [0.25, 0.3) is 0 Å². The second-order valence-corrected chi connectivity index (χ2v) is 8.95. The maximum absolute atomic E-state index is 12.7. The molecule has 2 bridgehead atoms. The van der Waals surface area contributed by atoms with E-state index >= 15 is 0 Å². The molecule has 3 fully saturated rings. The smallest absolute Gasteiger partial charge is 0.407 e. The molecule has 2 aromatic carbocycles. The Bertz CT molecular complexity index is 884. The van der Waals surface area contributed by atoms with Crippen LogP contribution in [0.3, 0.4) is 0 Å². The summed E-state index contributed by atoms with van der Waals surface area (Å²) in [7, 11) is 0. The average molecular weight is 391 g/mol. The molecule has 2 aromatic rings. The van der Waals surface area contributed by atoms with Gasteiger partial charge in [-0.05, 0) is 86.4 Å². The van der Waals surface area contributed by atoms with E-state index in [1.807, 2.05) is 0 Å². The Morgan fingerprint density at radius 3 is 2.52 bits per heavy atom. The lowest BCUT2D eigenvalue weighted by atomic mass is 9.85. The molecule has 2 atom stereocenters. The number of hydrogen-bond acceptors (Lipinski definition) is 3. The fourth-order valence-corrected chi connectivity index (χ4v) is 5.23. The topological polar surface area (TPSA) is 41.6 Å². The van der Waals surface area contributed by atoms with Crippen molar-refractivity contribution >= 4 is 6.09 Å². The van der Waals surface area contributed by atoms with Gasteiger partial charge in [0, 0.05) is 6.54 Å². The van der Waals surface area contributed by atoms with Crippen LogP contribution in [-0.2, 0) is 11.2 Å². The van der Waals surface area contributed by atoms with Crippen molar-refractivity contribution in [3.63, 3.8) is 0 Å². The van der Waals surface area contributed by atoms with Crippen molar-refractivity contribution in [2.75, 3.05) is 19.6 Å². The minimum atomic E-state index is -0.248. The standard InChI is InChI=1S/C25H30N2O2/c1-17-5-7-18(8-6-17)21-10-9-19-3-2-4-23(22(19)15-21)26-25(28)29-24-16-27-13-11-20(24)12-14-27/h5-10,15,20,23-24H,2-4,11-14,16H2,1H3,(H,26,28)/t23?,24-/m1/s1. The Kier molecular flexibility index (Phi) is 5.04. The highest BCUT2D eigenvalue weighted by Gasteiger charge is 2.37. The summed E-state index contributed by atoms with van der Waals surface area (Å²) in [6.07, 6.45) is 5.27. The molecule has 1 unspecified atom stereocenters. The number of nitrogens with zero attached hydrogens (tertiary/aromatic N) is 1. The van der Waals surface area contributed by atoms with Gasteiger partial charge in [-0.3, -0.25) is 4.90 Å². The Morgan fingerprint density at radius 1 is 1.03 bits per heavy atom. The average Bonchev–Trinajstić information content (AvgIpc) is 2.75. The molecule has 1 amide bonds. The van der Waals surface area contributed by atoms with Crippen molar-refractivity contribution in [2.45, 2.75) is 51.2 Å². The molecular weight excluding hydrogens is 360 g/mol. The Hall–Kier alpha value is -2.33. The molecule has 0 saturated carbocycles. The maximum atomic E-state index is 12.7. The predicted molar refractivity (Wildman–Crippen MR) is 115 cm³/mol. The van der Waals surface area contributed by atoms with Gasteiger partial charge < -0.3 is 10.1 Å². The molecule has 29 heavy (non-hydrogen) atoms. The number of amides is 1. The van der Waals surface area contributed by atoms with E-state index in [1.54, 1.807) is 0 Å². The van der Waals surface area contributed by atoms with Crippen LogP contribution < -0.4 is 5.32 Å². The number of benzene rings is 2. The number of alkyl carbamates (subject to hydrolysis) is 1. The molecule has 152 valence electrons. The lowest BCUT2D eigenvalue weighted by Crippen LogP contribution is -2.52. The zero-order valence-electron chi connectivity index (χ0n) is 17.2. The predicted octanol–water partition coefficient (Wildman–Crippen LogP) is 4.86. The third kappa shape index (κ3) is 3.91. The maximum Gasteiger partial charge on any atom is 0.407 e. The van der Waals surface area contributed by atoms with Crippen LogP contribution >= 0.6 is 0 Å². The van der Waals surface area contributed by atoms with Crippen LogP contribution in [0.4, 0.5) is 4.79 Å². The fraction of sp³-hybridized carbons (Fsp3) is 0.480. The van der Waals surface area contributed by atoms with E-state index < -0.39 is 0 Å². The van der Waals surface area contributed by atoms with E-state index in [1.165, 1.54) is 27.8 Å². The first-order valence-corrected chi connectivity index (χ1v) is 11.0. The van der Waals surface area contributed by atoms with Crippen LogP contribution in [-0.4, -0.2) is 36.7 Å². The second-order valence-electron chi connectivity index (χ2n) is 8.95. The summed E-state index contributed by atoms with van der Waals surface area (Å²) in [5.74, 6) is 0.539. The monoisotopic (exact) mass is 390 g/mol. The normalized spacial score (nSPS) is 27.9. The summed E-state index contributed by atoms with van der Waals surface area (Å²) >= 11 is 0. The second kappa shape index (κ2) is 7.83. The van der Waals surface area contributed by atoms with Crippen molar-refractivity contribution in [3.8, 4) is 11.1 Å². The Morgan fingerprint density at radius 2 is 1.79 bits per heavy atom. The van der Waals surface area contributed by atoms with Crippen LogP contribution in [0.5, 0.6) is 0 Å². The molecule has 6 rings (SSSR count). The molecule has 4 nitrogen and oxygen atoms in total. The zero-order valence-corrected chi connectivity index (χ0v) is 17.2. The van der Waals surface area contributed by atoms with Crippen molar-refractivity contribution in [1.29, 1.82) is 0 Å². The number of carbonyl (C=O) groups is 1. The molecule has 3 heterocycles. The first kappa shape index (κ1) is 18.7. The third-order valence-electron chi connectivity index (χ3n) is 6.99. The molecule has 4 aliphatic rings. The largest absolute Gasteiger partial charge is 0.445 e. The lowest BCUT2D eigenvalue weighted by molar-refractivity contribution is -0.0340. The number of carbonyl (C=O) groups excluding carboxylic acids is 1. The van der Waals surface area contributed by atoms with E-state index in [0.29, 0.717) is 5.92 Å². The molecule has 3 saturated heterocycles. The molecule has 1 aliphatic carbocycles. The van der Waals surface area contributed by atoms with Gasteiger partial charge in [0.05, 0.1) is 6.04 Å². The van der Waals surface area contributed by atoms with Gasteiger partial charge in [0.1, 0.15) is 6.10 Å². The van der Waals surface area contributed by atoms with E-state index in [-0.39, 0.29) is 18.2 Å². The van der Waals surface area contributed by atoms with Gasteiger partial charge in [0.2, 0.25) is 0 Å². The van der Waals surface area contributed by atoms with Gasteiger partial charge >= 0.3 is 6.09 Å². The SMILES string of the molecule is Cc1ccc(-c2ccc3c(c2)C(NC(=O)O[C@@H]2CN4CCC2CC4)CCC3)cc1.